The van der Waals surface area contributed by atoms with E-state index in [0.29, 0.717) is 0 Å². The molecule has 116 valence electrons. The molecule has 2 amide bonds. The first-order valence-electron chi connectivity index (χ1n) is 5.70. The fourth-order valence-electron chi connectivity index (χ4n) is 1.17. The Labute approximate surface area is 121 Å². The number of carbonyl (C=O) groups excluding carboxylic acids is 2. The van der Waals surface area contributed by atoms with Crippen molar-refractivity contribution in [1.29, 1.82) is 0 Å². The molecule has 0 radical (unpaired) electrons. The van der Waals surface area contributed by atoms with Crippen LogP contribution in [0, 0.1) is 0 Å². The molecule has 0 aromatic carbocycles. The Kier molecular flexibility index (Phi) is 8.23. The van der Waals surface area contributed by atoms with Crippen LogP contribution in [0.25, 0.3) is 0 Å². The molecular weight excluding hydrogens is 308 g/mol. The molecule has 0 saturated carbocycles. The van der Waals surface area contributed by atoms with E-state index < -0.39 is 33.7 Å². The second-order valence-electron chi connectivity index (χ2n) is 4.03. The number of rotatable bonds is 10. The fraction of sp³-hybridized carbons (Fsp3) is 0.700. The lowest BCUT2D eigenvalue weighted by Crippen LogP contribution is -2.41. The molecule has 0 bridgehead atoms. The summed E-state index contributed by atoms with van der Waals surface area (Å²) in [6, 6.07) is -1.05. The van der Waals surface area contributed by atoms with E-state index in [2.05, 4.69) is 5.32 Å². The average molecular weight is 326 g/mol. The summed E-state index contributed by atoms with van der Waals surface area (Å²) < 4.78 is 23.0. The Morgan fingerprint density at radius 1 is 1.30 bits per heavy atom. The molecule has 0 aliphatic heterocycles. The number of thioether (sulfide) groups is 1. The van der Waals surface area contributed by atoms with Crippen LogP contribution in [0.15, 0.2) is 0 Å². The molecule has 0 unspecified atom stereocenters. The van der Waals surface area contributed by atoms with Gasteiger partial charge in [-0.25, -0.2) is 13.2 Å². The summed E-state index contributed by atoms with van der Waals surface area (Å²) in [4.78, 5) is 32.1. The van der Waals surface area contributed by atoms with Gasteiger partial charge in [0.25, 0.3) is 0 Å². The Hall–Kier alpha value is -1.29. The molecule has 0 aliphatic carbocycles. The van der Waals surface area contributed by atoms with Crippen molar-refractivity contribution in [2.45, 2.75) is 19.4 Å². The van der Waals surface area contributed by atoms with Gasteiger partial charge in [-0.3, -0.25) is 9.59 Å². The van der Waals surface area contributed by atoms with Crippen molar-refractivity contribution in [1.82, 2.24) is 5.32 Å². The molecule has 0 heterocycles. The minimum Gasteiger partial charge on any atom is -0.480 e. The second kappa shape index (κ2) is 8.80. The van der Waals surface area contributed by atoms with Crippen LogP contribution in [0.5, 0.6) is 0 Å². The molecule has 0 fully saturated rings. The Morgan fingerprint density at radius 2 is 1.90 bits per heavy atom. The molecule has 10 heteroatoms. The van der Waals surface area contributed by atoms with Crippen molar-refractivity contribution < 1.29 is 27.9 Å². The van der Waals surface area contributed by atoms with Gasteiger partial charge in [0.2, 0.25) is 11.8 Å². The summed E-state index contributed by atoms with van der Waals surface area (Å²) in [5.74, 6) is -2.55. The van der Waals surface area contributed by atoms with Crippen LogP contribution in [0.3, 0.4) is 0 Å². The molecule has 0 saturated heterocycles. The smallest absolute Gasteiger partial charge is 0.327 e. The van der Waals surface area contributed by atoms with Gasteiger partial charge >= 0.3 is 5.97 Å². The van der Waals surface area contributed by atoms with E-state index in [1.807, 2.05) is 0 Å². The quantitative estimate of drug-likeness (QED) is 0.419. The highest BCUT2D eigenvalue weighted by Crippen LogP contribution is 2.06. The number of amides is 2. The van der Waals surface area contributed by atoms with Gasteiger partial charge in [-0.2, -0.15) is 11.8 Å². The van der Waals surface area contributed by atoms with E-state index in [0.717, 1.165) is 11.8 Å². The van der Waals surface area contributed by atoms with Gasteiger partial charge in [-0.15, -0.1) is 0 Å². The van der Waals surface area contributed by atoms with Crippen molar-refractivity contribution in [2.24, 2.45) is 5.73 Å². The van der Waals surface area contributed by atoms with Crippen molar-refractivity contribution in [3.63, 3.8) is 0 Å². The highest BCUT2D eigenvalue weighted by molar-refractivity contribution is 8.00. The van der Waals surface area contributed by atoms with Gasteiger partial charge in [0.1, 0.15) is 6.04 Å². The lowest BCUT2D eigenvalue weighted by atomic mass is 10.3. The largest absolute Gasteiger partial charge is 0.480 e. The first-order chi connectivity index (χ1) is 9.14. The third kappa shape index (κ3) is 9.62. The van der Waals surface area contributed by atoms with E-state index in [1.165, 1.54) is 6.92 Å². The standard InChI is InChI=1S/C10H18N2O6S2/c1-7(13)12-8(10(15)16)6-19-3-5-20(17,18)4-2-9(11)14/h8H,2-6H2,1H3,(H2,11,14)(H,12,13)(H,15,16)/t8-/m0/s1. The average Bonchev–Trinajstić information content (AvgIpc) is 2.30. The Morgan fingerprint density at radius 3 is 2.35 bits per heavy atom. The van der Waals surface area contributed by atoms with Crippen molar-refractivity contribution in [2.75, 3.05) is 23.0 Å². The number of nitrogens with two attached hydrogens (primary N) is 1. The van der Waals surface area contributed by atoms with Crippen molar-refractivity contribution in [3.8, 4) is 0 Å². The molecule has 0 rings (SSSR count). The van der Waals surface area contributed by atoms with E-state index >= 15 is 0 Å². The van der Waals surface area contributed by atoms with Gasteiger partial charge in [0, 0.05) is 24.9 Å². The molecule has 0 aromatic heterocycles. The first kappa shape index (κ1) is 18.7. The zero-order valence-electron chi connectivity index (χ0n) is 11.0. The lowest BCUT2D eigenvalue weighted by molar-refractivity contribution is -0.140. The molecule has 0 aliphatic rings. The predicted molar refractivity (Wildman–Crippen MR) is 75.0 cm³/mol. The minimum absolute atomic E-state index is 0.0697. The number of carboxylic acids is 1. The summed E-state index contributed by atoms with van der Waals surface area (Å²) >= 11 is 1.10. The predicted octanol–water partition coefficient (Wildman–Crippen LogP) is -1.40. The minimum atomic E-state index is -3.37. The zero-order chi connectivity index (χ0) is 15.8. The van der Waals surface area contributed by atoms with E-state index in [-0.39, 0.29) is 29.4 Å². The summed E-state index contributed by atoms with van der Waals surface area (Å²) in [6.07, 6.45) is -0.226. The number of sulfone groups is 1. The van der Waals surface area contributed by atoms with Crippen LogP contribution >= 0.6 is 11.8 Å². The maximum absolute atomic E-state index is 11.5. The van der Waals surface area contributed by atoms with Crippen LogP contribution < -0.4 is 11.1 Å². The number of hydrogen-bond donors (Lipinski definition) is 3. The van der Waals surface area contributed by atoms with E-state index in [1.54, 1.807) is 0 Å². The van der Waals surface area contributed by atoms with E-state index in [9.17, 15) is 22.8 Å². The topological polar surface area (TPSA) is 144 Å². The van der Waals surface area contributed by atoms with Gasteiger partial charge in [-0.1, -0.05) is 0 Å². The summed E-state index contributed by atoms with van der Waals surface area (Å²) in [6.45, 7) is 1.20. The van der Waals surface area contributed by atoms with Crippen molar-refractivity contribution in [3.05, 3.63) is 0 Å². The third-order valence-corrected chi connectivity index (χ3v) is 5.13. The molecule has 0 spiro atoms. The molecule has 20 heavy (non-hydrogen) atoms. The summed E-state index contributed by atoms with van der Waals surface area (Å²) in [5.41, 5.74) is 4.86. The number of aliphatic carboxylic acids is 1. The summed E-state index contributed by atoms with van der Waals surface area (Å²) in [5, 5.41) is 11.1. The highest BCUT2D eigenvalue weighted by atomic mass is 32.2. The molecular formula is C10H18N2O6S2. The van der Waals surface area contributed by atoms with Crippen LogP contribution in [-0.4, -0.2) is 60.4 Å². The van der Waals surface area contributed by atoms with Crippen molar-refractivity contribution >= 4 is 39.4 Å². The van der Waals surface area contributed by atoms with Crippen LogP contribution in [-0.2, 0) is 24.2 Å². The SMILES string of the molecule is CC(=O)N[C@@H](CSCCS(=O)(=O)CCC(N)=O)C(=O)O. The molecule has 1 atom stereocenters. The fourth-order valence-corrected chi connectivity index (χ4v) is 4.00. The number of hydrogen-bond acceptors (Lipinski definition) is 6. The van der Waals surface area contributed by atoms with Gasteiger partial charge in [0.15, 0.2) is 9.84 Å². The normalized spacial score (nSPS) is 12.7. The number of carbonyl (C=O) groups is 3. The van der Waals surface area contributed by atoms with Crippen LogP contribution in [0.4, 0.5) is 0 Å². The van der Waals surface area contributed by atoms with Gasteiger partial charge in [0.05, 0.1) is 11.5 Å². The zero-order valence-corrected chi connectivity index (χ0v) is 12.6. The maximum atomic E-state index is 11.5. The number of nitrogens with one attached hydrogen (secondary N) is 1. The van der Waals surface area contributed by atoms with Crippen LogP contribution in [0.2, 0.25) is 0 Å². The van der Waals surface area contributed by atoms with Gasteiger partial charge in [-0.05, 0) is 0 Å². The molecule has 8 nitrogen and oxygen atoms in total. The van der Waals surface area contributed by atoms with E-state index in [4.69, 9.17) is 10.8 Å². The molecule has 0 aromatic rings. The Bertz CT molecular complexity index is 462. The third-order valence-electron chi connectivity index (χ3n) is 2.16. The number of primary amides is 1. The summed E-state index contributed by atoms with van der Waals surface area (Å²) in [7, 11) is -3.37. The Balaban J connectivity index is 4.07. The van der Waals surface area contributed by atoms with Crippen LogP contribution in [0.1, 0.15) is 13.3 Å². The first-order valence-corrected chi connectivity index (χ1v) is 8.68. The number of carboxylic acid groups (broad SMARTS) is 1. The highest BCUT2D eigenvalue weighted by Gasteiger charge is 2.19. The monoisotopic (exact) mass is 326 g/mol. The lowest BCUT2D eigenvalue weighted by Gasteiger charge is -2.12. The second-order valence-corrected chi connectivity index (χ2v) is 7.49. The van der Waals surface area contributed by atoms with Gasteiger partial charge < -0.3 is 16.2 Å². The maximum Gasteiger partial charge on any atom is 0.327 e. The molecule has 4 N–H and O–H groups in total.